The lowest BCUT2D eigenvalue weighted by atomic mass is 10.1. The Bertz CT molecular complexity index is 1750. The second-order valence-corrected chi connectivity index (χ2v) is 18.0. The lowest BCUT2D eigenvalue weighted by Gasteiger charge is -2.32. The summed E-state index contributed by atoms with van der Waals surface area (Å²) in [6, 6.07) is 28.7. The van der Waals surface area contributed by atoms with Crippen molar-refractivity contribution in [2.45, 2.75) is 94.3 Å². The second kappa shape index (κ2) is 24.8. The highest BCUT2D eigenvalue weighted by molar-refractivity contribution is 7.68. The summed E-state index contributed by atoms with van der Waals surface area (Å²) < 4.78 is 18.3. The number of aliphatic carboxylic acids is 1. The number of hydrogen-bond acceptors (Lipinski definition) is 7. The molecule has 0 bridgehead atoms. The Balaban J connectivity index is 0.000000405. The molecule has 0 radical (unpaired) electrons. The van der Waals surface area contributed by atoms with Gasteiger partial charge in [-0.1, -0.05) is 89.7 Å². The quantitative estimate of drug-likeness (QED) is 0.107. The van der Waals surface area contributed by atoms with Crippen molar-refractivity contribution in [2.24, 2.45) is 5.92 Å². The van der Waals surface area contributed by atoms with Gasteiger partial charge < -0.3 is 29.1 Å². The summed E-state index contributed by atoms with van der Waals surface area (Å²) in [6.45, 7) is 20.7. The molecular weight excluding hydrogens is 742 g/mol. The molecule has 0 spiro atoms. The van der Waals surface area contributed by atoms with E-state index in [0.29, 0.717) is 18.6 Å². The van der Waals surface area contributed by atoms with Crippen LogP contribution >= 0.6 is 16.3 Å². The minimum Gasteiger partial charge on any atom is -0.481 e. The molecule has 10 heteroatoms. The van der Waals surface area contributed by atoms with Crippen LogP contribution in [-0.2, 0) is 18.8 Å². The molecule has 1 heterocycles. The van der Waals surface area contributed by atoms with Gasteiger partial charge in [0.05, 0.1) is 40.0 Å². The van der Waals surface area contributed by atoms with Crippen LogP contribution in [0, 0.1) is 47.5 Å². The smallest absolute Gasteiger partial charge is 0.338 e. The van der Waals surface area contributed by atoms with E-state index in [2.05, 4.69) is 96.1 Å². The maximum absolute atomic E-state index is 12.3. The molecule has 56 heavy (non-hydrogen) atoms. The third-order valence-corrected chi connectivity index (χ3v) is 12.2. The van der Waals surface area contributed by atoms with Gasteiger partial charge in [-0.25, -0.2) is 4.79 Å². The van der Waals surface area contributed by atoms with Crippen molar-refractivity contribution in [1.29, 1.82) is 0 Å². The minimum atomic E-state index is -1.11. The van der Waals surface area contributed by atoms with Gasteiger partial charge in [0.2, 0.25) is 0 Å². The zero-order chi connectivity index (χ0) is 41.9. The first-order valence-corrected chi connectivity index (χ1v) is 21.5. The Morgan fingerprint density at radius 1 is 0.786 bits per heavy atom. The number of hydrogen-bond donors (Lipinski definition) is 3. The van der Waals surface area contributed by atoms with Crippen molar-refractivity contribution in [1.82, 2.24) is 0 Å². The van der Waals surface area contributed by atoms with Gasteiger partial charge in [0.25, 0.3) is 0 Å². The summed E-state index contributed by atoms with van der Waals surface area (Å²) >= 11 is 0. The van der Waals surface area contributed by atoms with Crippen LogP contribution in [0.5, 0.6) is 0 Å². The van der Waals surface area contributed by atoms with E-state index >= 15 is 0 Å². The number of benzene rings is 4. The zero-order valence-electron chi connectivity index (χ0n) is 35.0. The highest BCUT2D eigenvalue weighted by atomic mass is 31.1. The summed E-state index contributed by atoms with van der Waals surface area (Å²) in [7, 11) is -1.09. The first kappa shape index (κ1) is 48.4. The monoisotopic (exact) mass is 804 g/mol. The van der Waals surface area contributed by atoms with Gasteiger partial charge in [-0.15, -0.1) is 0 Å². The number of carboxylic acid groups (broad SMARTS) is 1. The molecule has 0 amide bonds. The van der Waals surface area contributed by atoms with Crippen LogP contribution in [0.1, 0.15) is 84.3 Å². The molecule has 304 valence electrons. The maximum Gasteiger partial charge on any atom is 0.338 e. The topological polar surface area (TPSA) is 123 Å². The standard InChI is InChI=1S/C29H33O4P.C12H17OP.C4H8O2.CH4O/c1-20-12-21(2)15-27(14-20)34(28-16-22(3)13-23(4)17-28)33-25-10-11-31-26(18-25)19-32-29(30)24-8-6-5-7-9-24;1-5-11(4)14(13)12-7-9(2)6-10(3)8-12;1-3(2)4(5)6;1-2/h5-9,12-17,25-26H,10-11,18-19H2,1-4H3;5-8,13H,1-4H3;3H,1-2H3,(H,5,6);2H,1H3/b;11-5+;;/t25-,26+;;;/m1.../s1. The first-order chi connectivity index (χ1) is 26.6. The lowest BCUT2D eigenvalue weighted by Crippen LogP contribution is -2.35. The predicted octanol–water partition coefficient (Wildman–Crippen LogP) is 9.27. The van der Waals surface area contributed by atoms with Crippen LogP contribution in [0.15, 0.2) is 96.3 Å². The number of aliphatic hydroxyl groups excluding tert-OH is 1. The number of carbonyl (C=O) groups is 2. The van der Waals surface area contributed by atoms with Crippen LogP contribution < -0.4 is 15.9 Å². The molecular formula is C46H62O8P2. The summed E-state index contributed by atoms with van der Waals surface area (Å²) in [5, 5.41) is 19.6. The fourth-order valence-electron chi connectivity index (χ4n) is 5.84. The van der Waals surface area contributed by atoms with Gasteiger partial charge in [0.15, 0.2) is 0 Å². The minimum absolute atomic E-state index is 0.0434. The van der Waals surface area contributed by atoms with Crippen molar-refractivity contribution in [3.8, 4) is 0 Å². The van der Waals surface area contributed by atoms with Crippen LogP contribution in [0.25, 0.3) is 0 Å². The van der Waals surface area contributed by atoms with Crippen LogP contribution in [0.3, 0.4) is 0 Å². The fraction of sp³-hybridized carbons (Fsp3) is 0.391. The Morgan fingerprint density at radius 3 is 1.62 bits per heavy atom. The molecule has 0 aliphatic carbocycles. The average molecular weight is 805 g/mol. The van der Waals surface area contributed by atoms with E-state index in [4.69, 9.17) is 24.2 Å². The number of carbonyl (C=O) groups excluding carboxylic acids is 1. The third-order valence-electron chi connectivity index (χ3n) is 8.56. The maximum atomic E-state index is 12.3. The molecule has 3 N–H and O–H groups in total. The summed E-state index contributed by atoms with van der Waals surface area (Å²) in [4.78, 5) is 32.1. The normalized spacial score (nSPS) is 15.7. The number of ether oxygens (including phenoxy) is 2. The molecule has 5 rings (SSSR count). The largest absolute Gasteiger partial charge is 0.481 e. The van der Waals surface area contributed by atoms with Crippen LogP contribution in [0.2, 0.25) is 0 Å². The molecule has 0 saturated carbocycles. The number of carboxylic acids is 1. The van der Waals surface area contributed by atoms with E-state index in [1.807, 2.05) is 38.1 Å². The van der Waals surface area contributed by atoms with Crippen LogP contribution in [0.4, 0.5) is 0 Å². The van der Waals surface area contributed by atoms with Crippen molar-refractivity contribution in [3.05, 3.63) is 135 Å². The molecule has 3 atom stereocenters. The summed E-state index contributed by atoms with van der Waals surface area (Å²) in [5.74, 6) is -1.29. The molecule has 1 aliphatic heterocycles. The average Bonchev–Trinajstić information content (AvgIpc) is 3.16. The number of rotatable bonds is 10. The van der Waals surface area contributed by atoms with Crippen LogP contribution in [-0.4, -0.2) is 59.6 Å². The summed E-state index contributed by atoms with van der Waals surface area (Å²) in [5.41, 5.74) is 7.96. The number of aliphatic hydroxyl groups is 1. The van der Waals surface area contributed by atoms with Crippen molar-refractivity contribution < 1.29 is 38.7 Å². The molecule has 1 aliphatic rings. The molecule has 4 aromatic carbocycles. The van der Waals surface area contributed by atoms with E-state index in [1.54, 1.807) is 26.0 Å². The number of aryl methyl sites for hydroxylation is 6. The second-order valence-electron chi connectivity index (χ2n) is 14.3. The number of esters is 1. The van der Waals surface area contributed by atoms with Gasteiger partial charge in [-0.2, -0.15) is 0 Å². The van der Waals surface area contributed by atoms with E-state index in [1.165, 1.54) is 44.0 Å². The van der Waals surface area contributed by atoms with E-state index in [0.717, 1.165) is 24.1 Å². The van der Waals surface area contributed by atoms with E-state index in [-0.39, 0.29) is 30.7 Å². The predicted molar refractivity (Wildman–Crippen MR) is 233 cm³/mol. The molecule has 4 aromatic rings. The van der Waals surface area contributed by atoms with Gasteiger partial charge in [0, 0.05) is 36.1 Å². The Morgan fingerprint density at radius 2 is 1.21 bits per heavy atom. The SMILES string of the molecule is C/C=C(\C)P(O)c1cc(C)cc(C)c1.CC(C)C(=O)O.CO.Cc1cc(C)cc(P(O[C@@H]2CCO[C@H](COC(=O)c3ccccc3)C2)c2cc(C)cc(C)c2)c1. The number of allylic oxidation sites excluding steroid dienone is 2. The molecule has 8 nitrogen and oxygen atoms in total. The summed E-state index contributed by atoms with van der Waals surface area (Å²) in [6.07, 6.45) is 3.39. The lowest BCUT2D eigenvalue weighted by molar-refractivity contribution is -0.140. The van der Waals surface area contributed by atoms with E-state index < -0.39 is 22.3 Å². The van der Waals surface area contributed by atoms with Gasteiger partial charge in [0.1, 0.15) is 6.61 Å². The molecule has 1 fully saturated rings. The highest BCUT2D eigenvalue weighted by Gasteiger charge is 2.29. The first-order valence-electron chi connectivity index (χ1n) is 18.9. The molecule has 0 aromatic heterocycles. The molecule has 1 unspecified atom stereocenters. The van der Waals surface area contributed by atoms with Crippen molar-refractivity contribution >= 4 is 44.1 Å². The van der Waals surface area contributed by atoms with Crippen molar-refractivity contribution in [3.63, 3.8) is 0 Å². The zero-order valence-corrected chi connectivity index (χ0v) is 36.8. The van der Waals surface area contributed by atoms with Gasteiger partial charge >= 0.3 is 11.9 Å². The van der Waals surface area contributed by atoms with E-state index in [9.17, 15) is 14.5 Å². The Hall–Kier alpha value is -3.74. The highest BCUT2D eigenvalue weighted by Crippen LogP contribution is 2.41. The van der Waals surface area contributed by atoms with Gasteiger partial charge in [-0.3, -0.25) is 4.79 Å². The fourth-order valence-corrected chi connectivity index (χ4v) is 9.46. The molecule has 1 saturated heterocycles. The Labute approximate surface area is 337 Å². The third kappa shape index (κ3) is 16.8. The van der Waals surface area contributed by atoms with Gasteiger partial charge in [-0.05, 0) is 116 Å². The Kier molecular flexibility index (Phi) is 21.4. The van der Waals surface area contributed by atoms with Crippen molar-refractivity contribution in [2.75, 3.05) is 20.3 Å².